The Labute approximate surface area is 65.4 Å². The van der Waals surface area contributed by atoms with Gasteiger partial charge in [-0.2, -0.15) is 11.8 Å². The quantitative estimate of drug-likeness (QED) is 0.631. The first kappa shape index (κ1) is 9.95. The molecule has 0 saturated carbocycles. The van der Waals surface area contributed by atoms with Crippen LogP contribution in [-0.4, -0.2) is 24.5 Å². The van der Waals surface area contributed by atoms with Gasteiger partial charge in [-0.05, 0) is 6.26 Å². The maximum atomic E-state index is 12.1. The summed E-state index contributed by atoms with van der Waals surface area (Å²) in [5, 5.41) is 0. The van der Waals surface area contributed by atoms with Crippen LogP contribution >= 0.6 is 11.8 Å². The Bertz CT molecular complexity index is 123. The summed E-state index contributed by atoms with van der Waals surface area (Å²) in [7, 11) is 0. The summed E-state index contributed by atoms with van der Waals surface area (Å²) >= 11 is 1.44. The van der Waals surface area contributed by atoms with Crippen molar-refractivity contribution >= 4 is 17.5 Å². The Morgan fingerprint density at radius 3 is 2.40 bits per heavy atom. The summed E-state index contributed by atoms with van der Waals surface area (Å²) in [6.45, 7) is 2.70. The number of hydrogen-bond donors (Lipinski definition) is 0. The molecule has 0 heterocycles. The highest BCUT2D eigenvalue weighted by atomic mass is 32.2. The molecule has 0 aromatic heterocycles. The van der Waals surface area contributed by atoms with Gasteiger partial charge in [-0.1, -0.05) is 13.8 Å². The molecular formula is C7H13FOS. The Morgan fingerprint density at radius 2 is 2.10 bits per heavy atom. The SMILES string of the molecule is CSCC(=O)C(C)(C)CF. The van der Waals surface area contributed by atoms with Crippen LogP contribution in [0.25, 0.3) is 0 Å². The minimum atomic E-state index is -0.775. The van der Waals surface area contributed by atoms with Crippen molar-refractivity contribution in [2.24, 2.45) is 5.41 Å². The molecule has 0 bridgehead atoms. The van der Waals surface area contributed by atoms with E-state index in [4.69, 9.17) is 0 Å². The summed E-state index contributed by atoms with van der Waals surface area (Å²) in [6.07, 6.45) is 1.84. The summed E-state index contributed by atoms with van der Waals surface area (Å²) < 4.78 is 12.1. The van der Waals surface area contributed by atoms with E-state index < -0.39 is 12.1 Å². The van der Waals surface area contributed by atoms with Crippen molar-refractivity contribution in [3.63, 3.8) is 0 Å². The fraction of sp³-hybridized carbons (Fsp3) is 0.857. The number of alkyl halides is 1. The van der Waals surface area contributed by atoms with Crippen molar-refractivity contribution in [1.29, 1.82) is 0 Å². The lowest BCUT2D eigenvalue weighted by atomic mass is 9.91. The van der Waals surface area contributed by atoms with Gasteiger partial charge >= 0.3 is 0 Å². The highest BCUT2D eigenvalue weighted by Gasteiger charge is 2.26. The molecule has 60 valence electrons. The van der Waals surface area contributed by atoms with E-state index in [0.717, 1.165) is 0 Å². The van der Waals surface area contributed by atoms with E-state index in [1.807, 2.05) is 6.26 Å². The summed E-state index contributed by atoms with van der Waals surface area (Å²) in [5.74, 6) is 0.402. The average molecular weight is 164 g/mol. The van der Waals surface area contributed by atoms with Crippen molar-refractivity contribution in [1.82, 2.24) is 0 Å². The first-order chi connectivity index (χ1) is 4.54. The average Bonchev–Trinajstić information content (AvgIpc) is 1.89. The zero-order chi connectivity index (χ0) is 8.20. The molecule has 0 fully saturated rings. The second-order valence-corrected chi connectivity index (χ2v) is 3.74. The maximum absolute atomic E-state index is 12.1. The minimum absolute atomic E-state index is 0.0116. The number of halogens is 1. The lowest BCUT2D eigenvalue weighted by Crippen LogP contribution is -2.27. The van der Waals surface area contributed by atoms with Gasteiger partial charge in [0.05, 0.1) is 11.2 Å². The van der Waals surface area contributed by atoms with Crippen molar-refractivity contribution in [2.45, 2.75) is 13.8 Å². The summed E-state index contributed by atoms with van der Waals surface area (Å²) in [4.78, 5) is 11.0. The van der Waals surface area contributed by atoms with Gasteiger partial charge in [-0.25, -0.2) is 0 Å². The Morgan fingerprint density at radius 1 is 1.60 bits per heavy atom. The molecule has 0 saturated heterocycles. The van der Waals surface area contributed by atoms with Gasteiger partial charge in [0, 0.05) is 0 Å². The molecule has 0 aromatic carbocycles. The molecule has 0 radical (unpaired) electrons. The Hall–Kier alpha value is -0.0500. The molecule has 0 amide bonds. The van der Waals surface area contributed by atoms with Gasteiger partial charge in [-0.15, -0.1) is 0 Å². The second-order valence-electron chi connectivity index (χ2n) is 2.87. The zero-order valence-corrected chi connectivity index (χ0v) is 7.43. The fourth-order valence-corrected chi connectivity index (χ4v) is 1.05. The largest absolute Gasteiger partial charge is 0.298 e. The molecule has 3 heteroatoms. The number of rotatable bonds is 4. The smallest absolute Gasteiger partial charge is 0.150 e. The van der Waals surface area contributed by atoms with Crippen LogP contribution in [0.15, 0.2) is 0 Å². The third-order valence-corrected chi connectivity index (χ3v) is 1.92. The van der Waals surface area contributed by atoms with Crippen molar-refractivity contribution in [3.05, 3.63) is 0 Å². The van der Waals surface area contributed by atoms with E-state index in [0.29, 0.717) is 5.75 Å². The second kappa shape index (κ2) is 3.96. The molecule has 0 aromatic rings. The number of ketones is 1. The molecule has 0 rings (SSSR count). The number of hydrogen-bond acceptors (Lipinski definition) is 2. The van der Waals surface area contributed by atoms with Crippen LogP contribution in [0.5, 0.6) is 0 Å². The van der Waals surface area contributed by atoms with Crippen LogP contribution < -0.4 is 0 Å². The Kier molecular flexibility index (Phi) is 3.94. The number of Topliss-reactive ketones (excluding diaryl/α,β-unsaturated/α-hetero) is 1. The molecule has 0 unspecified atom stereocenters. The van der Waals surface area contributed by atoms with Crippen LogP contribution in [0.3, 0.4) is 0 Å². The van der Waals surface area contributed by atoms with E-state index in [9.17, 15) is 9.18 Å². The third kappa shape index (κ3) is 2.69. The van der Waals surface area contributed by atoms with Gasteiger partial charge in [0.2, 0.25) is 0 Å². The topological polar surface area (TPSA) is 17.1 Å². The molecule has 10 heavy (non-hydrogen) atoms. The van der Waals surface area contributed by atoms with Gasteiger partial charge in [0.25, 0.3) is 0 Å². The first-order valence-corrected chi connectivity index (χ1v) is 4.52. The molecule has 0 spiro atoms. The highest BCUT2D eigenvalue weighted by molar-refractivity contribution is 7.99. The lowest BCUT2D eigenvalue weighted by molar-refractivity contribution is -0.125. The van der Waals surface area contributed by atoms with Crippen molar-refractivity contribution in [3.8, 4) is 0 Å². The first-order valence-electron chi connectivity index (χ1n) is 3.13. The molecular weight excluding hydrogens is 151 g/mol. The van der Waals surface area contributed by atoms with Crippen LogP contribution in [0.2, 0.25) is 0 Å². The molecule has 0 N–H and O–H groups in total. The standard InChI is InChI=1S/C7H13FOS/c1-7(2,5-8)6(9)4-10-3/h4-5H2,1-3H3. The maximum Gasteiger partial charge on any atom is 0.150 e. The Balaban J connectivity index is 3.91. The number of thioether (sulfide) groups is 1. The van der Waals surface area contributed by atoms with Gasteiger partial charge in [0.15, 0.2) is 5.78 Å². The van der Waals surface area contributed by atoms with Gasteiger partial charge in [-0.3, -0.25) is 9.18 Å². The molecule has 0 aliphatic heterocycles. The van der Waals surface area contributed by atoms with E-state index in [2.05, 4.69) is 0 Å². The summed E-state index contributed by atoms with van der Waals surface area (Å²) in [5.41, 5.74) is -0.775. The fourth-order valence-electron chi connectivity index (χ4n) is 0.401. The third-order valence-electron chi connectivity index (χ3n) is 1.36. The monoisotopic (exact) mass is 164 g/mol. The van der Waals surface area contributed by atoms with Gasteiger partial charge in [0.1, 0.15) is 6.67 Å². The summed E-state index contributed by atoms with van der Waals surface area (Å²) in [6, 6.07) is 0. The van der Waals surface area contributed by atoms with Crippen molar-refractivity contribution < 1.29 is 9.18 Å². The van der Waals surface area contributed by atoms with E-state index in [1.54, 1.807) is 13.8 Å². The van der Waals surface area contributed by atoms with Crippen LogP contribution in [0.4, 0.5) is 4.39 Å². The van der Waals surface area contributed by atoms with Gasteiger partial charge < -0.3 is 0 Å². The molecule has 0 aliphatic carbocycles. The predicted octanol–water partition coefficient (Wildman–Crippen LogP) is 1.91. The minimum Gasteiger partial charge on any atom is -0.298 e. The van der Waals surface area contributed by atoms with E-state index >= 15 is 0 Å². The van der Waals surface area contributed by atoms with Crippen LogP contribution in [0.1, 0.15) is 13.8 Å². The molecule has 1 nitrogen and oxygen atoms in total. The lowest BCUT2D eigenvalue weighted by Gasteiger charge is -2.17. The van der Waals surface area contributed by atoms with E-state index in [-0.39, 0.29) is 5.78 Å². The van der Waals surface area contributed by atoms with Crippen LogP contribution in [0, 0.1) is 5.41 Å². The van der Waals surface area contributed by atoms with Crippen LogP contribution in [-0.2, 0) is 4.79 Å². The van der Waals surface area contributed by atoms with E-state index in [1.165, 1.54) is 11.8 Å². The predicted molar refractivity (Wildman–Crippen MR) is 43.1 cm³/mol. The molecule has 0 atom stereocenters. The number of carbonyl (C=O) groups is 1. The molecule has 0 aliphatic rings. The highest BCUT2D eigenvalue weighted by Crippen LogP contribution is 2.18. The number of carbonyl (C=O) groups excluding carboxylic acids is 1. The normalized spacial score (nSPS) is 11.6. The van der Waals surface area contributed by atoms with Crippen molar-refractivity contribution in [2.75, 3.05) is 18.7 Å². The zero-order valence-electron chi connectivity index (χ0n) is 6.61.